The van der Waals surface area contributed by atoms with E-state index in [1.54, 1.807) is 30.2 Å². The van der Waals surface area contributed by atoms with Crippen LogP contribution < -0.4 is 14.8 Å². The quantitative estimate of drug-likeness (QED) is 0.727. The molecule has 1 aliphatic heterocycles. The molecule has 1 aliphatic rings. The standard InChI is InChI=1S/C23H28N2O4/c1-28-19-8-9-21(29-2)20(15-19)24-22(26)16-23(27)25-12-10-18(11-13-25)14-17-6-4-3-5-7-17/h3-9,15,18H,10-14,16H2,1-2H3,(H,24,26). The zero-order chi connectivity index (χ0) is 20.6. The van der Waals surface area contributed by atoms with Gasteiger partial charge in [0.1, 0.15) is 17.9 Å². The molecule has 1 N–H and O–H groups in total. The molecule has 0 aromatic heterocycles. The number of methoxy groups -OCH3 is 2. The number of hydrogen-bond acceptors (Lipinski definition) is 4. The van der Waals surface area contributed by atoms with Crippen molar-refractivity contribution in [3.8, 4) is 11.5 Å². The maximum absolute atomic E-state index is 12.6. The molecule has 0 radical (unpaired) electrons. The van der Waals surface area contributed by atoms with E-state index in [0.717, 1.165) is 19.3 Å². The number of rotatable bonds is 7. The summed E-state index contributed by atoms with van der Waals surface area (Å²) in [4.78, 5) is 26.7. The predicted octanol–water partition coefficient (Wildman–Crippen LogP) is 3.51. The van der Waals surface area contributed by atoms with Crippen LogP contribution in [0.4, 0.5) is 5.69 Å². The van der Waals surface area contributed by atoms with Crippen molar-refractivity contribution < 1.29 is 19.1 Å². The minimum absolute atomic E-state index is 0.137. The summed E-state index contributed by atoms with van der Waals surface area (Å²) in [5.41, 5.74) is 1.83. The Morgan fingerprint density at radius 2 is 1.76 bits per heavy atom. The maximum Gasteiger partial charge on any atom is 0.233 e. The highest BCUT2D eigenvalue weighted by Crippen LogP contribution is 2.29. The molecular weight excluding hydrogens is 368 g/mol. The van der Waals surface area contributed by atoms with Crippen molar-refractivity contribution in [1.82, 2.24) is 4.90 Å². The molecule has 0 spiro atoms. The highest BCUT2D eigenvalue weighted by Gasteiger charge is 2.24. The SMILES string of the molecule is COc1ccc(OC)c(NC(=O)CC(=O)N2CCC(Cc3ccccc3)CC2)c1. The summed E-state index contributed by atoms with van der Waals surface area (Å²) in [6.45, 7) is 1.40. The molecule has 0 unspecified atom stereocenters. The van der Waals surface area contributed by atoms with Gasteiger partial charge in [-0.05, 0) is 42.9 Å². The van der Waals surface area contributed by atoms with E-state index in [2.05, 4.69) is 29.6 Å². The van der Waals surface area contributed by atoms with Crippen LogP contribution in [0, 0.1) is 5.92 Å². The Bertz CT molecular complexity index is 830. The van der Waals surface area contributed by atoms with E-state index >= 15 is 0 Å². The second-order valence-corrected chi connectivity index (χ2v) is 7.31. The van der Waals surface area contributed by atoms with Crippen LogP contribution in [0.1, 0.15) is 24.8 Å². The van der Waals surface area contributed by atoms with Gasteiger partial charge in [-0.25, -0.2) is 0 Å². The molecule has 6 heteroatoms. The van der Waals surface area contributed by atoms with Gasteiger partial charge in [0.05, 0.1) is 19.9 Å². The summed E-state index contributed by atoms with van der Waals surface area (Å²) >= 11 is 0. The third-order valence-corrected chi connectivity index (χ3v) is 5.33. The lowest BCUT2D eigenvalue weighted by molar-refractivity contribution is -0.135. The number of benzene rings is 2. The maximum atomic E-state index is 12.6. The molecule has 2 aromatic rings. The van der Waals surface area contributed by atoms with Gasteiger partial charge in [0.25, 0.3) is 0 Å². The number of nitrogens with zero attached hydrogens (tertiary/aromatic N) is 1. The monoisotopic (exact) mass is 396 g/mol. The van der Waals surface area contributed by atoms with Crippen LogP contribution in [0.25, 0.3) is 0 Å². The Labute approximate surface area is 171 Å². The summed E-state index contributed by atoms with van der Waals surface area (Å²) in [6.07, 6.45) is 2.79. The summed E-state index contributed by atoms with van der Waals surface area (Å²) in [5, 5.41) is 2.76. The number of anilines is 1. The van der Waals surface area contributed by atoms with Crippen molar-refractivity contribution in [2.45, 2.75) is 25.7 Å². The van der Waals surface area contributed by atoms with Gasteiger partial charge in [-0.3, -0.25) is 9.59 Å². The Balaban J connectivity index is 1.49. The van der Waals surface area contributed by atoms with Crippen molar-refractivity contribution in [2.24, 2.45) is 5.92 Å². The lowest BCUT2D eigenvalue weighted by Crippen LogP contribution is -2.40. The van der Waals surface area contributed by atoms with E-state index in [1.165, 1.54) is 12.7 Å². The Morgan fingerprint density at radius 3 is 2.41 bits per heavy atom. The summed E-state index contributed by atoms with van der Waals surface area (Å²) in [6, 6.07) is 15.6. The first kappa shape index (κ1) is 20.7. The first-order valence-electron chi connectivity index (χ1n) is 9.92. The van der Waals surface area contributed by atoms with E-state index < -0.39 is 0 Å². The topological polar surface area (TPSA) is 67.9 Å². The van der Waals surface area contributed by atoms with Gasteiger partial charge in [-0.2, -0.15) is 0 Å². The van der Waals surface area contributed by atoms with E-state index in [1.807, 2.05) is 6.07 Å². The number of piperidine rings is 1. The molecule has 2 aromatic carbocycles. The van der Waals surface area contributed by atoms with Crippen molar-refractivity contribution in [3.05, 3.63) is 54.1 Å². The van der Waals surface area contributed by atoms with Gasteiger partial charge in [0.15, 0.2) is 0 Å². The first-order valence-corrected chi connectivity index (χ1v) is 9.92. The van der Waals surface area contributed by atoms with Crippen LogP contribution in [-0.2, 0) is 16.0 Å². The molecular formula is C23H28N2O4. The molecule has 0 bridgehead atoms. The minimum Gasteiger partial charge on any atom is -0.497 e. The fourth-order valence-corrected chi connectivity index (χ4v) is 3.69. The van der Waals surface area contributed by atoms with Gasteiger partial charge in [0.2, 0.25) is 11.8 Å². The minimum atomic E-state index is -0.354. The van der Waals surface area contributed by atoms with Crippen LogP contribution in [0.15, 0.2) is 48.5 Å². The molecule has 154 valence electrons. The normalized spacial score (nSPS) is 14.3. The van der Waals surface area contributed by atoms with E-state index in [4.69, 9.17) is 9.47 Å². The first-order chi connectivity index (χ1) is 14.1. The van der Waals surface area contributed by atoms with Crippen LogP contribution in [0.3, 0.4) is 0 Å². The fourth-order valence-electron chi connectivity index (χ4n) is 3.69. The second kappa shape index (κ2) is 9.96. The van der Waals surface area contributed by atoms with Gasteiger partial charge in [-0.1, -0.05) is 30.3 Å². The van der Waals surface area contributed by atoms with Crippen LogP contribution in [-0.4, -0.2) is 44.0 Å². The smallest absolute Gasteiger partial charge is 0.233 e. The number of ether oxygens (including phenoxy) is 2. The second-order valence-electron chi connectivity index (χ2n) is 7.31. The largest absolute Gasteiger partial charge is 0.497 e. The summed E-state index contributed by atoms with van der Waals surface area (Å²) in [7, 11) is 3.08. The highest BCUT2D eigenvalue weighted by molar-refractivity contribution is 6.04. The van der Waals surface area contributed by atoms with Crippen LogP contribution in [0.5, 0.6) is 11.5 Å². The molecule has 2 amide bonds. The van der Waals surface area contributed by atoms with E-state index in [9.17, 15) is 9.59 Å². The van der Waals surface area contributed by atoms with Gasteiger partial charge in [0, 0.05) is 19.2 Å². The lowest BCUT2D eigenvalue weighted by Gasteiger charge is -2.32. The lowest BCUT2D eigenvalue weighted by atomic mass is 9.90. The highest BCUT2D eigenvalue weighted by atomic mass is 16.5. The van der Waals surface area contributed by atoms with Crippen molar-refractivity contribution >= 4 is 17.5 Å². The number of hydrogen-bond donors (Lipinski definition) is 1. The average Bonchev–Trinajstić information content (AvgIpc) is 2.74. The number of carbonyl (C=O) groups excluding carboxylic acids is 2. The van der Waals surface area contributed by atoms with Crippen molar-refractivity contribution in [2.75, 3.05) is 32.6 Å². The zero-order valence-electron chi connectivity index (χ0n) is 17.0. The molecule has 1 heterocycles. The van der Waals surface area contributed by atoms with Crippen molar-refractivity contribution in [1.29, 1.82) is 0 Å². The Hall–Kier alpha value is -3.02. The van der Waals surface area contributed by atoms with Crippen LogP contribution >= 0.6 is 0 Å². The molecule has 0 atom stereocenters. The molecule has 29 heavy (non-hydrogen) atoms. The van der Waals surface area contributed by atoms with Crippen molar-refractivity contribution in [3.63, 3.8) is 0 Å². The zero-order valence-corrected chi connectivity index (χ0v) is 17.0. The summed E-state index contributed by atoms with van der Waals surface area (Å²) in [5.74, 6) is 1.22. The van der Waals surface area contributed by atoms with Gasteiger partial charge < -0.3 is 19.7 Å². The molecule has 3 rings (SSSR count). The fraction of sp³-hybridized carbons (Fsp3) is 0.391. The predicted molar refractivity (Wildman–Crippen MR) is 112 cm³/mol. The molecule has 6 nitrogen and oxygen atoms in total. The summed E-state index contributed by atoms with van der Waals surface area (Å²) < 4.78 is 10.4. The molecule has 1 saturated heterocycles. The number of nitrogens with one attached hydrogen (secondary N) is 1. The van der Waals surface area contributed by atoms with E-state index in [-0.39, 0.29) is 18.2 Å². The van der Waals surface area contributed by atoms with Gasteiger partial charge >= 0.3 is 0 Å². The molecule has 1 fully saturated rings. The van der Waals surface area contributed by atoms with Crippen LogP contribution in [0.2, 0.25) is 0 Å². The Morgan fingerprint density at radius 1 is 1.03 bits per heavy atom. The van der Waals surface area contributed by atoms with Gasteiger partial charge in [-0.15, -0.1) is 0 Å². The van der Waals surface area contributed by atoms with E-state index in [0.29, 0.717) is 36.2 Å². The average molecular weight is 396 g/mol. The molecule has 0 saturated carbocycles. The third kappa shape index (κ3) is 5.73. The third-order valence-electron chi connectivity index (χ3n) is 5.33. The molecule has 0 aliphatic carbocycles. The number of amides is 2. The Kier molecular flexibility index (Phi) is 7.11. The number of carbonyl (C=O) groups is 2. The number of likely N-dealkylation sites (tertiary alicyclic amines) is 1.